The summed E-state index contributed by atoms with van der Waals surface area (Å²) in [6.45, 7) is 1.09. The Labute approximate surface area is 78.2 Å². The Bertz CT molecular complexity index is 294. The fourth-order valence-electron chi connectivity index (χ4n) is 1.68. The lowest BCUT2D eigenvalue weighted by molar-refractivity contribution is 0.288. The molecule has 1 aliphatic rings. The summed E-state index contributed by atoms with van der Waals surface area (Å²) in [7, 11) is 0. The molecule has 1 heterocycles. The molecule has 1 N–H and O–H groups in total. The number of hydrogen-bond acceptors (Lipinski definition) is 2. The SMILES string of the molecule is OCCCc1ccc2c(c1)CCO2. The minimum Gasteiger partial charge on any atom is -0.493 e. The van der Waals surface area contributed by atoms with E-state index in [0.717, 1.165) is 31.6 Å². The Morgan fingerprint density at radius 3 is 3.15 bits per heavy atom. The Kier molecular flexibility index (Phi) is 2.50. The highest BCUT2D eigenvalue weighted by molar-refractivity contribution is 5.39. The van der Waals surface area contributed by atoms with E-state index in [0.29, 0.717) is 0 Å². The van der Waals surface area contributed by atoms with E-state index in [1.807, 2.05) is 6.07 Å². The summed E-state index contributed by atoms with van der Waals surface area (Å²) < 4.78 is 5.41. The molecule has 1 aromatic carbocycles. The van der Waals surface area contributed by atoms with Crippen LogP contribution in [0.5, 0.6) is 5.75 Å². The number of ether oxygens (including phenoxy) is 1. The van der Waals surface area contributed by atoms with Crippen LogP contribution < -0.4 is 4.74 Å². The molecule has 1 aromatic rings. The maximum atomic E-state index is 8.70. The van der Waals surface area contributed by atoms with E-state index >= 15 is 0 Å². The zero-order valence-electron chi connectivity index (χ0n) is 7.62. The van der Waals surface area contributed by atoms with Crippen molar-refractivity contribution in [3.05, 3.63) is 29.3 Å². The van der Waals surface area contributed by atoms with Crippen molar-refractivity contribution < 1.29 is 9.84 Å². The first kappa shape index (κ1) is 8.57. The van der Waals surface area contributed by atoms with Gasteiger partial charge in [0.05, 0.1) is 6.61 Å². The van der Waals surface area contributed by atoms with Crippen LogP contribution in [0, 0.1) is 0 Å². The van der Waals surface area contributed by atoms with Crippen LogP contribution in [0.3, 0.4) is 0 Å². The lowest BCUT2D eigenvalue weighted by atomic mass is 10.1. The lowest BCUT2D eigenvalue weighted by Crippen LogP contribution is -1.90. The first-order chi connectivity index (χ1) is 6.40. The molecule has 0 amide bonds. The van der Waals surface area contributed by atoms with Gasteiger partial charge in [0.25, 0.3) is 0 Å². The molecule has 13 heavy (non-hydrogen) atoms. The van der Waals surface area contributed by atoms with E-state index in [9.17, 15) is 0 Å². The highest BCUT2D eigenvalue weighted by atomic mass is 16.5. The van der Waals surface area contributed by atoms with E-state index in [4.69, 9.17) is 9.84 Å². The van der Waals surface area contributed by atoms with Crippen molar-refractivity contribution >= 4 is 0 Å². The average Bonchev–Trinajstić information content (AvgIpc) is 2.61. The van der Waals surface area contributed by atoms with Gasteiger partial charge in [0, 0.05) is 13.0 Å². The quantitative estimate of drug-likeness (QED) is 0.761. The molecule has 0 spiro atoms. The molecule has 0 aromatic heterocycles. The van der Waals surface area contributed by atoms with Gasteiger partial charge >= 0.3 is 0 Å². The molecular formula is C11H14O2. The fraction of sp³-hybridized carbons (Fsp3) is 0.455. The second kappa shape index (κ2) is 3.79. The predicted molar refractivity (Wildman–Crippen MR) is 51.0 cm³/mol. The molecule has 2 heteroatoms. The topological polar surface area (TPSA) is 29.5 Å². The van der Waals surface area contributed by atoms with Gasteiger partial charge in [-0.1, -0.05) is 12.1 Å². The monoisotopic (exact) mass is 178 g/mol. The van der Waals surface area contributed by atoms with E-state index < -0.39 is 0 Å². The highest BCUT2D eigenvalue weighted by Gasteiger charge is 2.11. The van der Waals surface area contributed by atoms with Crippen LogP contribution >= 0.6 is 0 Å². The molecule has 0 radical (unpaired) electrons. The maximum Gasteiger partial charge on any atom is 0.122 e. The van der Waals surface area contributed by atoms with Gasteiger partial charge in [-0.05, 0) is 30.0 Å². The number of aliphatic hydroxyl groups excluding tert-OH is 1. The van der Waals surface area contributed by atoms with Crippen LogP contribution in [-0.4, -0.2) is 18.3 Å². The molecular weight excluding hydrogens is 164 g/mol. The van der Waals surface area contributed by atoms with Crippen LogP contribution in [-0.2, 0) is 12.8 Å². The van der Waals surface area contributed by atoms with Gasteiger partial charge in [-0.3, -0.25) is 0 Å². The standard InChI is InChI=1S/C11H14O2/c12-6-1-2-9-3-4-11-10(8-9)5-7-13-11/h3-4,8,12H,1-2,5-7H2. The summed E-state index contributed by atoms with van der Waals surface area (Å²) in [6.07, 6.45) is 2.84. The van der Waals surface area contributed by atoms with Gasteiger partial charge in [0.15, 0.2) is 0 Å². The number of hydrogen-bond donors (Lipinski definition) is 1. The molecule has 0 fully saturated rings. The van der Waals surface area contributed by atoms with Gasteiger partial charge in [0.2, 0.25) is 0 Å². The summed E-state index contributed by atoms with van der Waals surface area (Å²) in [6, 6.07) is 6.31. The lowest BCUT2D eigenvalue weighted by Gasteiger charge is -2.02. The molecule has 70 valence electrons. The van der Waals surface area contributed by atoms with Crippen LogP contribution in [0.2, 0.25) is 0 Å². The Hall–Kier alpha value is -1.02. The van der Waals surface area contributed by atoms with Crippen molar-refractivity contribution in [3.63, 3.8) is 0 Å². The third kappa shape index (κ3) is 1.83. The average molecular weight is 178 g/mol. The van der Waals surface area contributed by atoms with Crippen molar-refractivity contribution in [3.8, 4) is 5.75 Å². The van der Waals surface area contributed by atoms with Crippen LogP contribution in [0.4, 0.5) is 0 Å². The fourth-order valence-corrected chi connectivity index (χ4v) is 1.68. The molecule has 0 saturated carbocycles. The Balaban J connectivity index is 2.12. The third-order valence-electron chi connectivity index (χ3n) is 2.38. The minimum atomic E-state index is 0.271. The summed E-state index contributed by atoms with van der Waals surface area (Å²) in [5.74, 6) is 1.03. The van der Waals surface area contributed by atoms with Crippen LogP contribution in [0.25, 0.3) is 0 Å². The second-order valence-corrected chi connectivity index (χ2v) is 3.37. The van der Waals surface area contributed by atoms with Gasteiger partial charge in [0.1, 0.15) is 5.75 Å². The largest absolute Gasteiger partial charge is 0.493 e. The van der Waals surface area contributed by atoms with Crippen LogP contribution in [0.1, 0.15) is 17.5 Å². The van der Waals surface area contributed by atoms with E-state index in [1.54, 1.807) is 0 Å². The first-order valence-corrected chi connectivity index (χ1v) is 4.75. The number of fused-ring (bicyclic) bond motifs is 1. The highest BCUT2D eigenvalue weighted by Crippen LogP contribution is 2.26. The smallest absolute Gasteiger partial charge is 0.122 e. The van der Waals surface area contributed by atoms with E-state index in [2.05, 4.69) is 12.1 Å². The van der Waals surface area contributed by atoms with Crippen LogP contribution in [0.15, 0.2) is 18.2 Å². The molecule has 0 unspecified atom stereocenters. The van der Waals surface area contributed by atoms with Crippen molar-refractivity contribution in [1.29, 1.82) is 0 Å². The van der Waals surface area contributed by atoms with Gasteiger partial charge in [-0.25, -0.2) is 0 Å². The van der Waals surface area contributed by atoms with Crippen molar-refractivity contribution in [2.24, 2.45) is 0 Å². The van der Waals surface area contributed by atoms with Crippen molar-refractivity contribution in [1.82, 2.24) is 0 Å². The zero-order chi connectivity index (χ0) is 9.10. The number of aryl methyl sites for hydroxylation is 1. The molecule has 0 bridgehead atoms. The molecule has 0 saturated heterocycles. The third-order valence-corrected chi connectivity index (χ3v) is 2.38. The molecule has 2 nitrogen and oxygen atoms in total. The molecule has 1 aliphatic heterocycles. The predicted octanol–water partition coefficient (Wildman–Crippen LogP) is 1.55. The van der Waals surface area contributed by atoms with Crippen molar-refractivity contribution in [2.45, 2.75) is 19.3 Å². The maximum absolute atomic E-state index is 8.70. The molecule has 0 atom stereocenters. The number of rotatable bonds is 3. The van der Waals surface area contributed by atoms with Gasteiger partial charge in [-0.2, -0.15) is 0 Å². The zero-order valence-corrected chi connectivity index (χ0v) is 7.62. The first-order valence-electron chi connectivity index (χ1n) is 4.75. The molecule has 2 rings (SSSR count). The number of benzene rings is 1. The van der Waals surface area contributed by atoms with E-state index in [-0.39, 0.29) is 6.61 Å². The van der Waals surface area contributed by atoms with E-state index in [1.165, 1.54) is 11.1 Å². The minimum absolute atomic E-state index is 0.271. The van der Waals surface area contributed by atoms with Crippen molar-refractivity contribution in [2.75, 3.05) is 13.2 Å². The normalized spacial score (nSPS) is 13.9. The summed E-state index contributed by atoms with van der Waals surface area (Å²) in [4.78, 5) is 0. The van der Waals surface area contributed by atoms with Gasteiger partial charge in [-0.15, -0.1) is 0 Å². The second-order valence-electron chi connectivity index (χ2n) is 3.37. The summed E-state index contributed by atoms with van der Waals surface area (Å²) in [5.41, 5.74) is 2.62. The number of aliphatic hydroxyl groups is 1. The summed E-state index contributed by atoms with van der Waals surface area (Å²) in [5, 5.41) is 8.70. The summed E-state index contributed by atoms with van der Waals surface area (Å²) >= 11 is 0. The Morgan fingerprint density at radius 1 is 1.38 bits per heavy atom. The Morgan fingerprint density at radius 2 is 2.31 bits per heavy atom. The molecule has 0 aliphatic carbocycles. The van der Waals surface area contributed by atoms with Gasteiger partial charge < -0.3 is 9.84 Å².